The summed E-state index contributed by atoms with van der Waals surface area (Å²) in [5.74, 6) is -2.13. The number of piperidine rings is 1. The van der Waals surface area contributed by atoms with E-state index in [1.54, 1.807) is 23.1 Å². The zero-order chi connectivity index (χ0) is 26.4. The van der Waals surface area contributed by atoms with Gasteiger partial charge in [-0.25, -0.2) is 4.39 Å². The molecule has 0 unspecified atom stereocenters. The molecule has 0 aromatic heterocycles. The second-order valence-electron chi connectivity index (χ2n) is 8.30. The molecule has 0 spiro atoms. The van der Waals surface area contributed by atoms with Crippen molar-refractivity contribution in [1.82, 2.24) is 15.1 Å². The number of fused-ring (bicyclic) bond motifs is 1. The highest BCUT2D eigenvalue weighted by molar-refractivity contribution is 6.05. The summed E-state index contributed by atoms with van der Waals surface area (Å²) in [6, 6.07) is 7.07. The van der Waals surface area contributed by atoms with Gasteiger partial charge in [-0.05, 0) is 30.2 Å². The van der Waals surface area contributed by atoms with Crippen LogP contribution in [0, 0.1) is 5.82 Å². The molecule has 0 bridgehead atoms. The van der Waals surface area contributed by atoms with Crippen LogP contribution >= 0.6 is 0 Å². The number of hydrogen-bond donors (Lipinski definition) is 1. The smallest absolute Gasteiger partial charge is 0.255 e. The predicted octanol–water partition coefficient (Wildman–Crippen LogP) is 2.00. The van der Waals surface area contributed by atoms with Crippen LogP contribution in [-0.4, -0.2) is 59.8 Å². The van der Waals surface area contributed by atoms with Crippen LogP contribution in [0.15, 0.2) is 36.4 Å². The van der Waals surface area contributed by atoms with Gasteiger partial charge in [0.2, 0.25) is 11.8 Å². The molecule has 0 aliphatic carbocycles. The van der Waals surface area contributed by atoms with Crippen molar-refractivity contribution in [2.45, 2.75) is 38.5 Å². The first kappa shape index (κ1) is 19.1. The van der Waals surface area contributed by atoms with Gasteiger partial charge in [-0.3, -0.25) is 24.6 Å². The van der Waals surface area contributed by atoms with Crippen molar-refractivity contribution in [3.63, 3.8) is 0 Å². The van der Waals surface area contributed by atoms with Gasteiger partial charge in [-0.15, -0.1) is 0 Å². The minimum Gasteiger partial charge on any atom is -0.488 e. The molecule has 5 rings (SSSR count). The fraction of sp³-hybridized carbons (Fsp3) is 0.400. The molecule has 3 heterocycles. The summed E-state index contributed by atoms with van der Waals surface area (Å²) in [6.07, 6.45) is -0.152. The molecule has 9 heteroatoms. The number of amides is 3. The van der Waals surface area contributed by atoms with Gasteiger partial charge in [0.1, 0.15) is 24.2 Å². The zero-order valence-electron chi connectivity index (χ0n) is 21.4. The van der Waals surface area contributed by atoms with Crippen molar-refractivity contribution in [1.29, 1.82) is 0 Å². The first-order chi connectivity index (χ1) is 17.6. The highest BCUT2D eigenvalue weighted by Gasteiger charge is 2.40. The molecule has 8 nitrogen and oxygen atoms in total. The summed E-state index contributed by atoms with van der Waals surface area (Å²) in [6.45, 7) is -0.429. The summed E-state index contributed by atoms with van der Waals surface area (Å²) in [5, 5.41) is 2.13. The van der Waals surface area contributed by atoms with Crippen LogP contribution in [0.1, 0.15) is 44.0 Å². The van der Waals surface area contributed by atoms with Crippen LogP contribution in [0.4, 0.5) is 4.39 Å². The van der Waals surface area contributed by atoms with Gasteiger partial charge in [0.25, 0.3) is 5.91 Å². The third-order valence-corrected chi connectivity index (χ3v) is 6.09. The summed E-state index contributed by atoms with van der Waals surface area (Å²) >= 11 is 0. The van der Waals surface area contributed by atoms with Gasteiger partial charge in [-0.1, -0.05) is 18.2 Å². The van der Waals surface area contributed by atoms with Crippen LogP contribution in [0.3, 0.4) is 0 Å². The summed E-state index contributed by atoms with van der Waals surface area (Å²) in [5.41, 5.74) is 1.16. The number of carbonyl (C=O) groups is 3. The van der Waals surface area contributed by atoms with E-state index >= 15 is 0 Å². The minimum atomic E-state index is -1.91. The third-order valence-electron chi connectivity index (χ3n) is 6.09. The second-order valence-corrected chi connectivity index (χ2v) is 8.30. The van der Waals surface area contributed by atoms with Gasteiger partial charge in [-0.2, -0.15) is 0 Å². The zero-order valence-corrected chi connectivity index (χ0v) is 18.4. The Morgan fingerprint density at radius 3 is 2.79 bits per heavy atom. The Morgan fingerprint density at radius 2 is 2.03 bits per heavy atom. The Kier molecular flexibility index (Phi) is 5.33. The number of nitrogens with one attached hydrogen (secondary N) is 1. The Labute approximate surface area is 200 Å². The highest BCUT2D eigenvalue weighted by atomic mass is 19.1. The monoisotopic (exact) mass is 470 g/mol. The minimum absolute atomic E-state index is 0.0442. The molecule has 1 atom stereocenters. The first-order valence-corrected chi connectivity index (χ1v) is 11.1. The van der Waals surface area contributed by atoms with Crippen LogP contribution in [-0.2, 0) is 34.0 Å². The molecule has 0 saturated carbocycles. The SMILES string of the molecule is [2H]C([2H])(c1ccc(COc2cccc3c2CN([C@@]2([2H])CCC(=O)NC2=O)C3=O)c(F)c1)N1CCOCC1. The van der Waals surface area contributed by atoms with Crippen molar-refractivity contribution in [3.05, 3.63) is 64.5 Å². The van der Waals surface area contributed by atoms with E-state index in [0.29, 0.717) is 37.6 Å². The van der Waals surface area contributed by atoms with Crippen molar-refractivity contribution < 1.29 is 32.4 Å². The van der Waals surface area contributed by atoms with Crippen LogP contribution in [0.25, 0.3) is 0 Å². The molecule has 178 valence electrons. The third kappa shape index (κ3) is 4.53. The molecule has 2 saturated heterocycles. The molecular weight excluding hydrogens is 441 g/mol. The lowest BCUT2D eigenvalue weighted by Gasteiger charge is -2.29. The number of rotatable bonds is 6. The normalized spacial score (nSPS) is 24.8. The number of halogens is 1. The van der Waals surface area contributed by atoms with E-state index in [1.807, 2.05) is 0 Å². The van der Waals surface area contributed by atoms with E-state index in [9.17, 15) is 18.8 Å². The van der Waals surface area contributed by atoms with Crippen LogP contribution in [0.5, 0.6) is 5.75 Å². The molecular formula is C25H26FN3O5. The van der Waals surface area contributed by atoms with Gasteiger partial charge < -0.3 is 14.4 Å². The topological polar surface area (TPSA) is 88.2 Å². The summed E-state index contributed by atoms with van der Waals surface area (Å²) in [4.78, 5) is 39.7. The van der Waals surface area contributed by atoms with Crippen molar-refractivity contribution in [3.8, 4) is 5.75 Å². The van der Waals surface area contributed by atoms with Crippen LogP contribution in [0.2, 0.25) is 0 Å². The number of nitrogens with zero attached hydrogens (tertiary/aromatic N) is 2. The number of benzene rings is 2. The second kappa shape index (κ2) is 9.52. The average Bonchev–Trinajstić information content (AvgIpc) is 3.24. The molecule has 0 radical (unpaired) electrons. The highest BCUT2D eigenvalue weighted by Crippen LogP contribution is 2.34. The number of hydrogen-bond acceptors (Lipinski definition) is 6. The van der Waals surface area contributed by atoms with E-state index in [4.69, 9.17) is 13.6 Å². The Balaban J connectivity index is 1.32. The number of ether oxygens (including phenoxy) is 2. The van der Waals surface area contributed by atoms with E-state index in [0.717, 1.165) is 4.90 Å². The molecule has 2 aromatic rings. The fourth-order valence-corrected chi connectivity index (χ4v) is 4.27. The predicted molar refractivity (Wildman–Crippen MR) is 119 cm³/mol. The lowest BCUT2D eigenvalue weighted by atomic mass is 10.0. The molecule has 34 heavy (non-hydrogen) atoms. The maximum absolute atomic E-state index is 15.0. The molecule has 2 aromatic carbocycles. The van der Waals surface area contributed by atoms with Gasteiger partial charge in [0.15, 0.2) is 0 Å². The molecule has 3 aliphatic heterocycles. The lowest BCUT2D eigenvalue weighted by Crippen LogP contribution is -2.52. The standard InChI is InChI=1S/C25H26FN3O5/c26-20-12-16(13-28-8-10-33-11-9-28)4-5-17(20)15-34-22-3-1-2-18-19(22)14-29(25(18)32)21-6-7-23(30)27-24(21)31/h1-5,12,21H,6-11,13-15H2,(H,27,30,31)/t21-/m0/s1/i13D2,21D. The summed E-state index contributed by atoms with van der Waals surface area (Å²) < 4.78 is 51.6. The molecule has 1 N–H and O–H groups in total. The fourth-order valence-electron chi connectivity index (χ4n) is 4.27. The first-order valence-electron chi connectivity index (χ1n) is 12.6. The van der Waals surface area contributed by atoms with Crippen molar-refractivity contribution >= 4 is 17.7 Å². The average molecular weight is 471 g/mol. The lowest BCUT2D eigenvalue weighted by molar-refractivity contribution is -0.136. The Bertz CT molecular complexity index is 1270. The molecule has 3 aliphatic rings. The van der Waals surface area contributed by atoms with E-state index in [2.05, 4.69) is 5.32 Å². The largest absolute Gasteiger partial charge is 0.488 e. The maximum atomic E-state index is 15.0. The quantitative estimate of drug-likeness (QED) is 0.650. The molecule has 2 fully saturated rings. The Hall–Kier alpha value is -3.30. The van der Waals surface area contributed by atoms with E-state index < -0.39 is 36.1 Å². The number of imide groups is 1. The van der Waals surface area contributed by atoms with Gasteiger partial charge >= 0.3 is 0 Å². The van der Waals surface area contributed by atoms with Crippen LogP contribution < -0.4 is 10.1 Å². The summed E-state index contributed by atoms with van der Waals surface area (Å²) in [7, 11) is 0. The van der Waals surface area contributed by atoms with Crippen molar-refractivity contribution in [2.75, 3.05) is 26.3 Å². The Morgan fingerprint density at radius 1 is 1.21 bits per heavy atom. The van der Waals surface area contributed by atoms with Gasteiger partial charge in [0.05, 0.1) is 21.1 Å². The van der Waals surface area contributed by atoms with Crippen molar-refractivity contribution in [2.24, 2.45) is 0 Å². The van der Waals surface area contributed by atoms with E-state index in [-0.39, 0.29) is 42.7 Å². The number of carbonyl (C=O) groups excluding carboxylic acids is 3. The van der Waals surface area contributed by atoms with E-state index in [1.165, 1.54) is 18.2 Å². The number of morpholine rings is 1. The maximum Gasteiger partial charge on any atom is 0.255 e. The van der Waals surface area contributed by atoms with Gasteiger partial charge in [0, 0.05) is 45.4 Å². The molecule has 3 amide bonds.